The second-order valence-corrected chi connectivity index (χ2v) is 7.15. The Bertz CT molecular complexity index is 1070. The van der Waals surface area contributed by atoms with Crippen LogP contribution in [0.2, 0.25) is 0 Å². The molecular weight excluding hydrogens is 370 g/mol. The summed E-state index contributed by atoms with van der Waals surface area (Å²) in [5.74, 6) is -0.381. The van der Waals surface area contributed by atoms with Gasteiger partial charge in [0.15, 0.2) is 6.10 Å². The SMILES string of the molecule is COc1ccc(C)cc1NC(=O)[C@H](C)OC(=O)Cc1coc2c(C)c(C)ccc12. The quantitative estimate of drug-likeness (QED) is 0.623. The summed E-state index contributed by atoms with van der Waals surface area (Å²) in [5.41, 5.74) is 5.18. The van der Waals surface area contributed by atoms with Gasteiger partial charge in [0.25, 0.3) is 5.91 Å². The lowest BCUT2D eigenvalue weighted by atomic mass is 10.0. The molecule has 1 atom stereocenters. The number of ether oxygens (including phenoxy) is 2. The predicted molar refractivity (Wildman–Crippen MR) is 111 cm³/mol. The number of esters is 1. The van der Waals surface area contributed by atoms with E-state index in [-0.39, 0.29) is 6.42 Å². The van der Waals surface area contributed by atoms with E-state index in [4.69, 9.17) is 13.9 Å². The molecule has 1 amide bonds. The highest BCUT2D eigenvalue weighted by atomic mass is 16.5. The third-order valence-corrected chi connectivity index (χ3v) is 4.97. The Morgan fingerprint density at radius 3 is 2.62 bits per heavy atom. The van der Waals surface area contributed by atoms with Crippen LogP contribution in [0.25, 0.3) is 11.0 Å². The molecule has 1 N–H and O–H groups in total. The van der Waals surface area contributed by atoms with Crippen molar-refractivity contribution in [3.8, 4) is 5.75 Å². The number of hydrogen-bond acceptors (Lipinski definition) is 5. The number of hydrogen-bond donors (Lipinski definition) is 1. The van der Waals surface area contributed by atoms with Crippen LogP contribution in [-0.4, -0.2) is 25.1 Å². The van der Waals surface area contributed by atoms with E-state index in [9.17, 15) is 9.59 Å². The van der Waals surface area contributed by atoms with Crippen molar-refractivity contribution in [2.75, 3.05) is 12.4 Å². The van der Waals surface area contributed by atoms with Gasteiger partial charge in [-0.2, -0.15) is 0 Å². The molecule has 1 aromatic heterocycles. The first-order valence-electron chi connectivity index (χ1n) is 9.41. The minimum Gasteiger partial charge on any atom is -0.495 e. The molecule has 0 radical (unpaired) electrons. The van der Waals surface area contributed by atoms with Crippen LogP contribution >= 0.6 is 0 Å². The summed E-state index contributed by atoms with van der Waals surface area (Å²) < 4.78 is 16.2. The number of methoxy groups -OCH3 is 1. The minimum atomic E-state index is -0.949. The molecule has 1 heterocycles. The van der Waals surface area contributed by atoms with E-state index in [1.165, 1.54) is 14.0 Å². The first-order chi connectivity index (χ1) is 13.8. The third kappa shape index (κ3) is 4.42. The summed E-state index contributed by atoms with van der Waals surface area (Å²) in [6, 6.07) is 9.39. The van der Waals surface area contributed by atoms with Crippen molar-refractivity contribution in [2.45, 2.75) is 40.2 Å². The van der Waals surface area contributed by atoms with Gasteiger partial charge in [0.2, 0.25) is 0 Å². The summed E-state index contributed by atoms with van der Waals surface area (Å²) in [7, 11) is 1.53. The van der Waals surface area contributed by atoms with Crippen molar-refractivity contribution in [3.05, 3.63) is 58.8 Å². The highest BCUT2D eigenvalue weighted by Crippen LogP contribution is 2.27. The van der Waals surface area contributed by atoms with Crippen LogP contribution in [0, 0.1) is 20.8 Å². The molecule has 0 spiro atoms. The van der Waals surface area contributed by atoms with Gasteiger partial charge in [-0.3, -0.25) is 9.59 Å². The van der Waals surface area contributed by atoms with E-state index in [0.29, 0.717) is 11.4 Å². The third-order valence-electron chi connectivity index (χ3n) is 4.97. The topological polar surface area (TPSA) is 77.8 Å². The predicted octanol–water partition coefficient (Wildman–Crippen LogP) is 4.48. The molecule has 6 heteroatoms. The first-order valence-corrected chi connectivity index (χ1v) is 9.41. The van der Waals surface area contributed by atoms with Crippen molar-refractivity contribution in [1.82, 2.24) is 0 Å². The van der Waals surface area contributed by atoms with E-state index in [0.717, 1.165) is 33.2 Å². The highest BCUT2D eigenvalue weighted by Gasteiger charge is 2.21. The lowest BCUT2D eigenvalue weighted by molar-refractivity contribution is -0.152. The zero-order chi connectivity index (χ0) is 21.1. The van der Waals surface area contributed by atoms with Gasteiger partial charge in [0, 0.05) is 10.9 Å². The molecule has 0 aliphatic rings. The molecule has 152 valence electrons. The Labute approximate surface area is 169 Å². The molecule has 0 saturated heterocycles. The molecule has 3 aromatic rings. The van der Waals surface area contributed by atoms with Crippen LogP contribution in [0.4, 0.5) is 5.69 Å². The van der Waals surface area contributed by atoms with Gasteiger partial charge < -0.3 is 19.2 Å². The Balaban J connectivity index is 1.66. The number of rotatable bonds is 6. The fourth-order valence-electron chi connectivity index (χ4n) is 3.13. The molecule has 0 saturated carbocycles. The summed E-state index contributed by atoms with van der Waals surface area (Å²) in [5, 5.41) is 3.63. The lowest BCUT2D eigenvalue weighted by Gasteiger charge is -2.15. The average molecular weight is 395 g/mol. The van der Waals surface area contributed by atoms with Crippen LogP contribution in [0.3, 0.4) is 0 Å². The van der Waals surface area contributed by atoms with E-state index >= 15 is 0 Å². The second kappa shape index (κ2) is 8.39. The molecule has 0 aliphatic carbocycles. The number of carbonyl (C=O) groups excluding carboxylic acids is 2. The van der Waals surface area contributed by atoms with Crippen LogP contribution in [0.15, 0.2) is 41.0 Å². The Morgan fingerprint density at radius 2 is 1.90 bits per heavy atom. The van der Waals surface area contributed by atoms with Crippen molar-refractivity contribution in [1.29, 1.82) is 0 Å². The largest absolute Gasteiger partial charge is 0.495 e. The van der Waals surface area contributed by atoms with E-state index in [1.54, 1.807) is 18.4 Å². The number of amides is 1. The maximum absolute atomic E-state index is 12.5. The molecule has 0 unspecified atom stereocenters. The normalized spacial score (nSPS) is 11.9. The maximum atomic E-state index is 12.5. The van der Waals surface area contributed by atoms with Gasteiger partial charge in [-0.05, 0) is 56.5 Å². The standard InChI is InChI=1S/C23H25NO5/c1-13-6-9-20(27-5)19(10-13)24-23(26)16(4)29-21(25)11-17-12-28-22-15(3)14(2)7-8-18(17)22/h6-10,12,16H,11H2,1-5H3,(H,24,26)/t16-/m0/s1. The number of aryl methyl sites for hydroxylation is 3. The van der Waals surface area contributed by atoms with Crippen LogP contribution in [0.1, 0.15) is 29.2 Å². The fraction of sp³-hybridized carbons (Fsp3) is 0.304. The molecule has 2 aromatic carbocycles. The highest BCUT2D eigenvalue weighted by molar-refractivity contribution is 5.96. The van der Waals surface area contributed by atoms with Gasteiger partial charge in [0.05, 0.1) is 25.5 Å². The number of carbonyl (C=O) groups is 2. The summed E-state index contributed by atoms with van der Waals surface area (Å²) in [4.78, 5) is 24.8. The van der Waals surface area contributed by atoms with Crippen molar-refractivity contribution < 1.29 is 23.5 Å². The first kappa shape index (κ1) is 20.5. The summed E-state index contributed by atoms with van der Waals surface area (Å²) in [6.45, 7) is 7.44. The van der Waals surface area contributed by atoms with Crippen LogP contribution < -0.4 is 10.1 Å². The number of anilines is 1. The monoisotopic (exact) mass is 395 g/mol. The van der Waals surface area contributed by atoms with Crippen molar-refractivity contribution in [2.24, 2.45) is 0 Å². The number of benzene rings is 2. The van der Waals surface area contributed by atoms with Gasteiger partial charge >= 0.3 is 5.97 Å². The van der Waals surface area contributed by atoms with Crippen LogP contribution in [0.5, 0.6) is 5.75 Å². The van der Waals surface area contributed by atoms with E-state index in [1.807, 2.05) is 39.0 Å². The fourth-order valence-corrected chi connectivity index (χ4v) is 3.13. The minimum absolute atomic E-state index is 0.0287. The molecule has 3 rings (SSSR count). The van der Waals surface area contributed by atoms with Gasteiger partial charge in [0.1, 0.15) is 11.3 Å². The van der Waals surface area contributed by atoms with Gasteiger partial charge in [-0.1, -0.05) is 18.2 Å². The van der Waals surface area contributed by atoms with E-state index < -0.39 is 18.0 Å². The average Bonchev–Trinajstić information content (AvgIpc) is 3.08. The number of fused-ring (bicyclic) bond motifs is 1. The smallest absolute Gasteiger partial charge is 0.311 e. The Kier molecular flexibility index (Phi) is 5.92. The Hall–Kier alpha value is -3.28. The van der Waals surface area contributed by atoms with Gasteiger partial charge in [-0.25, -0.2) is 0 Å². The number of furan rings is 1. The molecule has 0 fully saturated rings. The second-order valence-electron chi connectivity index (χ2n) is 7.15. The summed E-state index contributed by atoms with van der Waals surface area (Å²) in [6.07, 6.45) is 0.650. The molecule has 6 nitrogen and oxygen atoms in total. The zero-order valence-electron chi connectivity index (χ0n) is 17.3. The maximum Gasteiger partial charge on any atom is 0.311 e. The molecule has 0 bridgehead atoms. The van der Waals surface area contributed by atoms with Gasteiger partial charge in [-0.15, -0.1) is 0 Å². The number of nitrogens with one attached hydrogen (secondary N) is 1. The molecule has 29 heavy (non-hydrogen) atoms. The van der Waals surface area contributed by atoms with Crippen LogP contribution in [-0.2, 0) is 20.7 Å². The Morgan fingerprint density at radius 1 is 1.14 bits per heavy atom. The molecular formula is C23H25NO5. The zero-order valence-corrected chi connectivity index (χ0v) is 17.3. The summed E-state index contributed by atoms with van der Waals surface area (Å²) >= 11 is 0. The van der Waals surface area contributed by atoms with E-state index in [2.05, 4.69) is 5.32 Å². The van der Waals surface area contributed by atoms with Crippen molar-refractivity contribution in [3.63, 3.8) is 0 Å². The van der Waals surface area contributed by atoms with Crippen molar-refractivity contribution >= 4 is 28.5 Å². The molecule has 0 aliphatic heterocycles. The lowest BCUT2D eigenvalue weighted by Crippen LogP contribution is -2.30.